The first-order valence-corrected chi connectivity index (χ1v) is 13.4. The van der Waals surface area contributed by atoms with Crippen molar-refractivity contribution in [2.24, 2.45) is 0 Å². The van der Waals surface area contributed by atoms with E-state index in [9.17, 15) is 28.5 Å². The molecule has 0 aliphatic carbocycles. The van der Waals surface area contributed by atoms with Crippen LogP contribution in [-0.2, 0) is 13.1 Å². The molecule has 0 atom stereocenters. The van der Waals surface area contributed by atoms with Gasteiger partial charge in [-0.25, -0.2) is 18.1 Å². The summed E-state index contributed by atoms with van der Waals surface area (Å²) >= 11 is 1.06. The Balaban J connectivity index is 1.83. The number of aromatic nitrogens is 4. The van der Waals surface area contributed by atoms with Crippen LogP contribution >= 0.6 is 11.3 Å². The van der Waals surface area contributed by atoms with Gasteiger partial charge in [-0.15, -0.1) is 21.5 Å². The van der Waals surface area contributed by atoms with E-state index in [1.807, 2.05) is 0 Å². The molecule has 15 heteroatoms. The van der Waals surface area contributed by atoms with Gasteiger partial charge in [-0.05, 0) is 55.6 Å². The molecule has 5 aromatic rings. The van der Waals surface area contributed by atoms with Crippen LogP contribution < -0.4 is 16.0 Å². The maximum Gasteiger partial charge on any atom is 0.338 e. The summed E-state index contributed by atoms with van der Waals surface area (Å²) in [6.07, 6.45) is 0. The third-order valence-corrected chi connectivity index (χ3v) is 7.71. The number of halogens is 2. The standard InChI is InChI=1S/C28H21F2N7O5S/c1-34(2)14-19-24-26(38)36(22-10-11-23(33-32-22)42-13-12-31)28(39)35(15-18-20(29)4-3-5-21(18)30)27(24)43-25(19)16-6-8-17(9-7-16)37(40)41/h3-11H,13-15H2,1-2H3. The van der Waals surface area contributed by atoms with Crippen molar-refractivity contribution >= 4 is 27.2 Å². The van der Waals surface area contributed by atoms with Crippen LogP contribution in [0, 0.1) is 33.1 Å². The second-order valence-corrected chi connectivity index (χ2v) is 10.5. The molecule has 0 N–H and O–H groups in total. The molecule has 0 aliphatic heterocycles. The van der Waals surface area contributed by atoms with Crippen LogP contribution in [-0.4, -0.2) is 49.9 Å². The Bertz CT molecular complexity index is 1990. The monoisotopic (exact) mass is 605 g/mol. The third-order valence-electron chi connectivity index (χ3n) is 6.41. The normalized spacial score (nSPS) is 11.2. The molecular weight excluding hydrogens is 584 g/mol. The minimum atomic E-state index is -0.923. The summed E-state index contributed by atoms with van der Waals surface area (Å²) < 4.78 is 36.6. The average molecular weight is 606 g/mol. The smallest absolute Gasteiger partial charge is 0.338 e. The number of fused-ring (bicyclic) bond motifs is 1. The molecule has 0 spiro atoms. The van der Waals surface area contributed by atoms with Gasteiger partial charge in [0.2, 0.25) is 5.88 Å². The van der Waals surface area contributed by atoms with Crippen LogP contribution in [0.2, 0.25) is 0 Å². The zero-order chi connectivity index (χ0) is 30.8. The number of nitro groups is 1. The summed E-state index contributed by atoms with van der Waals surface area (Å²) in [7, 11) is 3.55. The summed E-state index contributed by atoms with van der Waals surface area (Å²) in [6.45, 7) is -0.623. The molecule has 0 fully saturated rings. The molecule has 3 heterocycles. The van der Waals surface area contributed by atoms with Gasteiger partial charge in [0.05, 0.1) is 16.9 Å². The number of benzene rings is 2. The fraction of sp³-hybridized carbons (Fsp3) is 0.179. The molecule has 0 radical (unpaired) electrons. The number of hydrogen-bond donors (Lipinski definition) is 0. The van der Waals surface area contributed by atoms with Gasteiger partial charge in [-0.3, -0.25) is 19.5 Å². The SMILES string of the molecule is CN(C)Cc1c(-c2ccc([N+](=O)[O-])cc2)sc2c1c(=O)n(-c1ccc(OCC#N)nn1)c(=O)n2Cc1c(F)cccc1F. The van der Waals surface area contributed by atoms with E-state index in [0.717, 1.165) is 32.6 Å². The van der Waals surface area contributed by atoms with Gasteiger partial charge in [-0.1, -0.05) is 6.07 Å². The van der Waals surface area contributed by atoms with Crippen molar-refractivity contribution in [2.75, 3.05) is 20.7 Å². The van der Waals surface area contributed by atoms with Crippen molar-refractivity contribution in [1.82, 2.24) is 24.2 Å². The predicted octanol–water partition coefficient (Wildman–Crippen LogP) is 3.87. The molecular formula is C28H21F2N7O5S. The maximum absolute atomic E-state index is 14.8. The van der Waals surface area contributed by atoms with Crippen LogP contribution in [0.1, 0.15) is 11.1 Å². The first kappa shape index (κ1) is 29.2. The van der Waals surface area contributed by atoms with Crippen molar-refractivity contribution < 1.29 is 18.4 Å². The number of nitrogens with zero attached hydrogens (tertiary/aromatic N) is 7. The van der Waals surface area contributed by atoms with Crippen LogP contribution in [0.15, 0.2) is 64.2 Å². The highest BCUT2D eigenvalue weighted by atomic mass is 32.1. The lowest BCUT2D eigenvalue weighted by Gasteiger charge is -2.14. The van der Waals surface area contributed by atoms with Gasteiger partial charge in [0.15, 0.2) is 12.4 Å². The first-order valence-electron chi connectivity index (χ1n) is 12.6. The zero-order valence-electron chi connectivity index (χ0n) is 22.7. The van der Waals surface area contributed by atoms with Crippen molar-refractivity contribution in [1.29, 1.82) is 5.26 Å². The molecule has 218 valence electrons. The lowest BCUT2D eigenvalue weighted by atomic mass is 10.1. The third kappa shape index (κ3) is 5.61. The van der Waals surface area contributed by atoms with E-state index in [1.54, 1.807) is 25.1 Å². The van der Waals surface area contributed by atoms with E-state index in [1.165, 1.54) is 42.5 Å². The molecule has 3 aromatic heterocycles. The van der Waals surface area contributed by atoms with Crippen LogP contribution in [0.25, 0.3) is 26.5 Å². The van der Waals surface area contributed by atoms with E-state index in [2.05, 4.69) is 10.2 Å². The van der Waals surface area contributed by atoms with Gasteiger partial charge >= 0.3 is 5.69 Å². The molecule has 12 nitrogen and oxygen atoms in total. The lowest BCUT2D eigenvalue weighted by Crippen LogP contribution is -2.39. The molecule has 2 aromatic carbocycles. The summed E-state index contributed by atoms with van der Waals surface area (Å²) in [5.41, 5.74) is -1.14. The Morgan fingerprint density at radius 1 is 1.05 bits per heavy atom. The van der Waals surface area contributed by atoms with Crippen molar-refractivity contribution in [3.63, 3.8) is 0 Å². The van der Waals surface area contributed by atoms with E-state index < -0.39 is 34.4 Å². The molecule has 0 saturated carbocycles. The largest absolute Gasteiger partial charge is 0.461 e. The number of nitriles is 1. The molecule has 0 bridgehead atoms. The van der Waals surface area contributed by atoms with Crippen LogP contribution in [0.5, 0.6) is 5.88 Å². The molecule has 0 unspecified atom stereocenters. The maximum atomic E-state index is 14.8. The quantitative estimate of drug-likeness (QED) is 0.180. The van der Waals surface area contributed by atoms with Gasteiger partial charge in [-0.2, -0.15) is 5.26 Å². The average Bonchev–Trinajstić information content (AvgIpc) is 3.34. The van der Waals surface area contributed by atoms with Crippen molar-refractivity contribution in [3.8, 4) is 28.2 Å². The Kier molecular flexibility index (Phi) is 8.06. The van der Waals surface area contributed by atoms with Crippen molar-refractivity contribution in [3.05, 3.63) is 108 Å². The second kappa shape index (κ2) is 11.9. The minimum absolute atomic E-state index is 0.0162. The minimum Gasteiger partial charge on any atom is -0.461 e. The number of non-ortho nitro benzene ring substituents is 1. The van der Waals surface area contributed by atoms with Crippen molar-refractivity contribution in [2.45, 2.75) is 13.1 Å². The summed E-state index contributed by atoms with van der Waals surface area (Å²) in [4.78, 5) is 41.2. The number of hydrogen-bond acceptors (Lipinski definition) is 10. The highest BCUT2D eigenvalue weighted by Gasteiger charge is 2.26. The molecule has 5 rings (SSSR count). The Morgan fingerprint density at radius 2 is 1.74 bits per heavy atom. The fourth-order valence-electron chi connectivity index (χ4n) is 4.50. The fourth-order valence-corrected chi connectivity index (χ4v) is 5.80. The number of nitro benzene ring substituents is 1. The Morgan fingerprint density at radius 3 is 2.33 bits per heavy atom. The summed E-state index contributed by atoms with van der Waals surface area (Å²) in [5.74, 6) is -1.95. The highest BCUT2D eigenvalue weighted by Crippen LogP contribution is 2.38. The van der Waals surface area contributed by atoms with Gasteiger partial charge in [0.1, 0.15) is 22.5 Å². The first-order chi connectivity index (χ1) is 20.6. The van der Waals surface area contributed by atoms with Gasteiger partial charge in [0, 0.05) is 35.2 Å². The van der Waals surface area contributed by atoms with E-state index in [-0.39, 0.29) is 46.3 Å². The van der Waals surface area contributed by atoms with E-state index in [0.29, 0.717) is 16.0 Å². The number of ether oxygens (including phenoxy) is 1. The van der Waals surface area contributed by atoms with Gasteiger partial charge < -0.3 is 9.64 Å². The zero-order valence-corrected chi connectivity index (χ0v) is 23.5. The predicted molar refractivity (Wildman–Crippen MR) is 153 cm³/mol. The van der Waals surface area contributed by atoms with Crippen LogP contribution in [0.4, 0.5) is 14.5 Å². The number of rotatable bonds is 9. The van der Waals surface area contributed by atoms with Crippen LogP contribution in [0.3, 0.4) is 0 Å². The lowest BCUT2D eigenvalue weighted by molar-refractivity contribution is -0.384. The van der Waals surface area contributed by atoms with Gasteiger partial charge in [0.25, 0.3) is 11.2 Å². The molecule has 0 amide bonds. The Hall–Kier alpha value is -5.33. The second-order valence-electron chi connectivity index (χ2n) is 9.52. The van der Waals surface area contributed by atoms with E-state index >= 15 is 0 Å². The molecule has 0 saturated heterocycles. The summed E-state index contributed by atoms with van der Waals surface area (Å²) in [6, 6.07) is 13.5. The highest BCUT2D eigenvalue weighted by molar-refractivity contribution is 7.22. The molecule has 43 heavy (non-hydrogen) atoms. The summed E-state index contributed by atoms with van der Waals surface area (Å²) in [5, 5.41) is 27.8. The number of thiophene rings is 1. The topological polar surface area (TPSA) is 149 Å². The van der Waals surface area contributed by atoms with E-state index in [4.69, 9.17) is 10.00 Å². The molecule has 0 aliphatic rings. The Labute approximate surface area is 245 Å².